The van der Waals surface area contributed by atoms with Gasteiger partial charge in [0.15, 0.2) is 23.3 Å². The first-order chi connectivity index (χ1) is 64.2. The van der Waals surface area contributed by atoms with Crippen LogP contribution in [0, 0.1) is 83.1 Å². The molecule has 4 aromatic heterocycles. The van der Waals surface area contributed by atoms with Crippen LogP contribution in [0.15, 0.2) is 140 Å². The number of aromatic nitrogens is 8. The maximum Gasteiger partial charge on any atom is 0.254 e. The first-order valence-electron chi connectivity index (χ1n) is 46.6. The Morgan fingerprint density at radius 1 is 0.373 bits per heavy atom. The Balaban J connectivity index is 0.000000152. The molecule has 134 heavy (non-hydrogen) atoms. The lowest BCUT2D eigenvalue weighted by molar-refractivity contribution is -0.00523. The zero-order valence-corrected chi connectivity index (χ0v) is 81.5. The third kappa shape index (κ3) is 25.3. The number of amides is 4. The number of ether oxygens (including phenoxy) is 2. The molecule has 16 rings (SSSR count). The molecule has 0 aliphatic carbocycles. The van der Waals surface area contributed by atoms with Crippen LogP contribution in [0.4, 0.5) is 46.0 Å². The molecule has 2 atom stereocenters. The Labute approximate surface area is 793 Å². The summed E-state index contributed by atoms with van der Waals surface area (Å²) in [7, 11) is 0. The van der Waals surface area contributed by atoms with E-state index in [1.54, 1.807) is 0 Å². The summed E-state index contributed by atoms with van der Waals surface area (Å²) in [4.78, 5) is 61.0. The van der Waals surface area contributed by atoms with Gasteiger partial charge in [0.05, 0.1) is 58.9 Å². The summed E-state index contributed by atoms with van der Waals surface area (Å²) in [6.07, 6.45) is 2.58. The number of nitrogens with zero attached hydrogens (tertiary/aromatic N) is 9. The normalized spacial score (nSPS) is 15.1. The van der Waals surface area contributed by atoms with E-state index >= 15 is 0 Å². The van der Waals surface area contributed by atoms with Gasteiger partial charge in [0, 0.05) is 154 Å². The minimum Gasteiger partial charge on any atom is -0.378 e. The van der Waals surface area contributed by atoms with Crippen LogP contribution in [0.25, 0.3) is 0 Å². The molecule has 8 heterocycles. The fourth-order valence-corrected chi connectivity index (χ4v) is 18.4. The van der Waals surface area contributed by atoms with Gasteiger partial charge in [-0.1, -0.05) is 103 Å². The van der Waals surface area contributed by atoms with Gasteiger partial charge in [-0.3, -0.25) is 44.5 Å². The van der Waals surface area contributed by atoms with Crippen molar-refractivity contribution in [3.05, 3.63) is 301 Å². The van der Waals surface area contributed by atoms with E-state index in [0.29, 0.717) is 120 Å². The number of carbonyl (C=O) groups excluding carboxylic acids is 4. The maximum atomic E-state index is 12.3. The molecule has 708 valence electrons. The van der Waals surface area contributed by atoms with Gasteiger partial charge >= 0.3 is 0 Å². The Morgan fingerprint density at radius 3 is 0.948 bits per heavy atom. The van der Waals surface area contributed by atoms with E-state index in [2.05, 4.69) is 324 Å². The standard InChI is InChI=1S/C28H38N6O.C27H35N5O2.C25H31ClN6O.C25H31N5O2/c1-18(2)33-10-12-34(13-11-33)24-8-6-22(7-9-24)16-25-26(27(29)35)28(32-31-25)30-17-23-14-19(3)21(5)20(4)15-23;1-16-10-22(11-17(2)20(16)5)13-29-27-25(26(28)33)24(30-31-27)12-21-6-8-23(9-7-21)32-14-18(3)34-19(4)15-32;1-15-10-19(11-16(2)17(15)3)14-29-25-23(24(27)33)21(30-31-25)13-18-4-5-22(20(26)12-18)32-8-6-28-7-9-32;1-16-12-20(13-17(2)18(16)3)15-27-25-23(24(26)31)22(28-29-25)14-19-4-6-21(7-5-19)30-8-10-32-11-9-30/h6-9,14-15,18H,10-13,16-17H2,1-5H3,(H2,29,35)(H2,30,31,32);6-11,18-19H,12-15H2,1-5H3,(H2,28,33)(H2,29,30,31);4-5,10-12,28H,6-9,13-14H2,1-3H3,(H2,27,33)(H2,29,30,31);4-7,12-13H,8-11,14-15H2,1-3H3,(H2,26,31)(H2,27,28,29)/t;18-,19+;;. The number of hydrogen-bond acceptors (Lipinski definition) is 20. The second-order valence-electron chi connectivity index (χ2n) is 36.6. The Morgan fingerprint density at radius 2 is 0.657 bits per heavy atom. The van der Waals surface area contributed by atoms with E-state index in [4.69, 9.17) is 44.0 Å². The zero-order valence-electron chi connectivity index (χ0n) is 80.7. The summed E-state index contributed by atoms with van der Waals surface area (Å²) < 4.78 is 11.3. The molecule has 8 aromatic carbocycles. The first kappa shape index (κ1) is 98.5. The number of nitrogens with one attached hydrogen (secondary N) is 9. The third-order valence-corrected chi connectivity index (χ3v) is 26.8. The molecule has 0 unspecified atom stereocenters. The molecule has 0 spiro atoms. The highest BCUT2D eigenvalue weighted by atomic mass is 35.5. The summed E-state index contributed by atoms with van der Waals surface area (Å²) in [6.45, 7) is 49.5. The zero-order chi connectivity index (χ0) is 95.7. The summed E-state index contributed by atoms with van der Waals surface area (Å²) in [6, 6.07) is 49.3. The lowest BCUT2D eigenvalue weighted by Crippen LogP contribution is -2.48. The lowest BCUT2D eigenvalue weighted by atomic mass is 10.0. The van der Waals surface area contributed by atoms with Gasteiger partial charge in [0.1, 0.15) is 22.3 Å². The van der Waals surface area contributed by atoms with Crippen molar-refractivity contribution in [3.8, 4) is 0 Å². The predicted octanol–water partition coefficient (Wildman–Crippen LogP) is 15.6. The Bertz CT molecular complexity index is 5970. The van der Waals surface area contributed by atoms with Crippen LogP contribution in [0.1, 0.15) is 203 Å². The van der Waals surface area contributed by atoms with Crippen LogP contribution in [0.2, 0.25) is 5.02 Å². The average Bonchev–Trinajstić information content (AvgIpc) is 1.70. The number of hydrogen-bond donors (Lipinski definition) is 13. The number of aromatic amines is 4. The number of nitrogens with two attached hydrogens (primary N) is 4. The molecule has 0 bridgehead atoms. The van der Waals surface area contributed by atoms with Gasteiger partial charge in [-0.05, 0) is 271 Å². The molecule has 0 saturated carbocycles. The smallest absolute Gasteiger partial charge is 0.254 e. The molecule has 0 radical (unpaired) electrons. The summed E-state index contributed by atoms with van der Waals surface area (Å²) >= 11 is 6.60. The summed E-state index contributed by atoms with van der Waals surface area (Å²) in [5.74, 6) is -0.0133. The molecule has 28 nitrogen and oxygen atoms in total. The van der Waals surface area contributed by atoms with E-state index in [-0.39, 0.29) is 12.2 Å². The van der Waals surface area contributed by atoms with Crippen molar-refractivity contribution < 1.29 is 28.7 Å². The SMILES string of the molecule is Cc1cc(CNc2n[nH]c(Cc3ccc(N4CCN(C(C)C)CC4)cc3)c2C(N)=O)cc(C)c1C.Cc1cc(CNc2n[nH]c(Cc3ccc(N4CCNCC4)c(Cl)c3)c2C(N)=O)cc(C)c1C.Cc1cc(CNc2n[nH]c(Cc3ccc(N4CCOCC4)cc3)c2C(N)=O)cc(C)c1C.Cc1cc(CNc2n[nH]c(Cc3ccc(N4C[C@@H](C)O[C@@H](C)C4)cc3)c2C(N)=O)cc(C)c1C. The largest absolute Gasteiger partial charge is 0.378 e. The van der Waals surface area contributed by atoms with Gasteiger partial charge in [-0.25, -0.2) is 0 Å². The summed E-state index contributed by atoms with van der Waals surface area (Å²) in [5, 5.41) is 46.7. The number of benzene rings is 8. The minimum atomic E-state index is -0.513. The fraction of sp³-hybridized carbons (Fsp3) is 0.390. The number of anilines is 8. The molecule has 29 heteroatoms. The van der Waals surface area contributed by atoms with Crippen LogP contribution in [0.5, 0.6) is 0 Å². The number of rotatable bonds is 29. The van der Waals surface area contributed by atoms with Crippen LogP contribution in [-0.2, 0) is 61.3 Å². The minimum absolute atomic E-state index is 0.213. The number of morpholine rings is 2. The monoisotopic (exact) mass is 1840 g/mol. The van der Waals surface area contributed by atoms with Crippen LogP contribution < -0.4 is 69.1 Å². The van der Waals surface area contributed by atoms with E-state index in [9.17, 15) is 19.2 Å². The number of aryl methyl sites for hydroxylation is 8. The summed E-state index contributed by atoms with van der Waals surface area (Å²) in [5.41, 5.74) is 56.1. The fourth-order valence-electron chi connectivity index (χ4n) is 18.1. The second kappa shape index (κ2) is 45.2. The van der Waals surface area contributed by atoms with Gasteiger partial charge in [0.25, 0.3) is 23.6 Å². The molecule has 4 saturated heterocycles. The quantitative estimate of drug-likeness (QED) is 0.0207. The molecule has 4 fully saturated rings. The Hall–Kier alpha value is -13.0. The van der Waals surface area contributed by atoms with E-state index in [1.807, 2.05) is 18.2 Å². The van der Waals surface area contributed by atoms with Gasteiger partial charge < -0.3 is 78.6 Å². The van der Waals surface area contributed by atoms with E-state index in [0.717, 1.165) is 153 Å². The molecular weight excluding hydrogens is 1700 g/mol. The third-order valence-electron chi connectivity index (χ3n) is 26.5. The predicted molar refractivity (Wildman–Crippen MR) is 542 cm³/mol. The van der Waals surface area contributed by atoms with Crippen molar-refractivity contribution >= 4 is 81.3 Å². The number of piperazine rings is 2. The van der Waals surface area contributed by atoms with Crippen molar-refractivity contribution in [2.45, 2.75) is 181 Å². The number of H-pyrrole nitrogens is 4. The number of carbonyl (C=O) groups is 4. The van der Waals surface area contributed by atoms with Crippen molar-refractivity contribution in [1.82, 2.24) is 51.0 Å². The lowest BCUT2D eigenvalue weighted by Gasteiger charge is -2.38. The highest BCUT2D eigenvalue weighted by Gasteiger charge is 2.28. The van der Waals surface area contributed by atoms with Crippen LogP contribution in [-0.4, -0.2) is 179 Å². The number of primary amides is 4. The average molecular weight is 1840 g/mol. The first-order valence-corrected chi connectivity index (χ1v) is 47.0. The van der Waals surface area contributed by atoms with Crippen LogP contribution >= 0.6 is 11.6 Å². The highest BCUT2D eigenvalue weighted by molar-refractivity contribution is 6.33. The molecule has 4 amide bonds. The topological polar surface area (TPSA) is 382 Å². The van der Waals surface area contributed by atoms with Gasteiger partial charge in [0.2, 0.25) is 0 Å². The second-order valence-corrected chi connectivity index (χ2v) is 37.0. The van der Waals surface area contributed by atoms with Crippen molar-refractivity contribution in [2.24, 2.45) is 22.9 Å². The molecule has 4 aliphatic heterocycles. The van der Waals surface area contributed by atoms with E-state index < -0.39 is 23.6 Å². The van der Waals surface area contributed by atoms with Crippen molar-refractivity contribution in [3.63, 3.8) is 0 Å². The van der Waals surface area contributed by atoms with Gasteiger partial charge in [-0.2, -0.15) is 20.4 Å². The van der Waals surface area contributed by atoms with Crippen LogP contribution in [0.3, 0.4) is 0 Å². The molecule has 12 aromatic rings. The van der Waals surface area contributed by atoms with E-state index in [1.165, 1.54) is 83.8 Å². The molecule has 4 aliphatic rings. The number of halogens is 1. The van der Waals surface area contributed by atoms with Crippen molar-refractivity contribution in [2.75, 3.05) is 133 Å². The Kier molecular flexibility index (Phi) is 33.2. The molecule has 17 N–H and O–H groups in total. The molecular formula is C105H135ClN22O6. The maximum absolute atomic E-state index is 12.3. The van der Waals surface area contributed by atoms with Crippen molar-refractivity contribution in [1.29, 1.82) is 0 Å². The van der Waals surface area contributed by atoms with Gasteiger partial charge in [-0.15, -0.1) is 0 Å². The highest BCUT2D eigenvalue weighted by Crippen LogP contribution is 2.33.